The number of rotatable bonds is 7. The highest BCUT2D eigenvalue weighted by atomic mass is 16.2. The fraction of sp³-hybridized carbons (Fsp3) is 0.692. The van der Waals surface area contributed by atoms with E-state index in [0.29, 0.717) is 13.0 Å². The Balaban J connectivity index is 1.21. The molecule has 1 aromatic carbocycles. The third-order valence-electron chi connectivity index (χ3n) is 7.18. The smallest absolute Gasteiger partial charge is 0.222 e. The fourth-order valence-electron chi connectivity index (χ4n) is 5.39. The standard InChI is InChI=1S/C26H41N5O/c1-2-27-26(31-17-12-22(20-31)19-29-15-6-3-7-16-29)28-14-8-11-25(32)30-18-13-23-9-4-5-10-24(23)21-30/h4-5,9-10,22H,2-3,6-8,11-21H2,1H3,(H,27,28). The van der Waals surface area contributed by atoms with Gasteiger partial charge in [0, 0.05) is 52.2 Å². The van der Waals surface area contributed by atoms with Gasteiger partial charge in [-0.15, -0.1) is 0 Å². The first-order valence-corrected chi connectivity index (χ1v) is 12.8. The number of nitrogens with one attached hydrogen (secondary N) is 1. The van der Waals surface area contributed by atoms with E-state index >= 15 is 0 Å². The summed E-state index contributed by atoms with van der Waals surface area (Å²) in [6.07, 6.45) is 7.76. The fourth-order valence-corrected chi connectivity index (χ4v) is 5.39. The van der Waals surface area contributed by atoms with E-state index in [9.17, 15) is 4.79 Å². The first-order valence-electron chi connectivity index (χ1n) is 12.8. The van der Waals surface area contributed by atoms with Gasteiger partial charge in [-0.25, -0.2) is 0 Å². The van der Waals surface area contributed by atoms with Crippen molar-refractivity contribution in [3.05, 3.63) is 35.4 Å². The third kappa shape index (κ3) is 6.25. The summed E-state index contributed by atoms with van der Waals surface area (Å²) in [4.78, 5) is 24.7. The van der Waals surface area contributed by atoms with E-state index in [4.69, 9.17) is 4.99 Å². The van der Waals surface area contributed by atoms with E-state index in [1.54, 1.807) is 0 Å². The van der Waals surface area contributed by atoms with Gasteiger partial charge in [0.15, 0.2) is 5.96 Å². The maximum Gasteiger partial charge on any atom is 0.222 e. The lowest BCUT2D eigenvalue weighted by Gasteiger charge is -2.29. The Labute approximate surface area is 194 Å². The molecule has 2 saturated heterocycles. The van der Waals surface area contributed by atoms with Crippen LogP contribution in [0.15, 0.2) is 29.3 Å². The molecule has 6 nitrogen and oxygen atoms in total. The molecule has 3 aliphatic rings. The second-order valence-electron chi connectivity index (χ2n) is 9.64. The number of hydrogen-bond acceptors (Lipinski definition) is 3. The van der Waals surface area contributed by atoms with E-state index in [1.807, 2.05) is 4.90 Å². The van der Waals surface area contributed by atoms with Crippen LogP contribution in [-0.4, -0.2) is 78.9 Å². The van der Waals surface area contributed by atoms with Gasteiger partial charge in [0.05, 0.1) is 0 Å². The monoisotopic (exact) mass is 439 g/mol. The number of carbonyl (C=O) groups excluding carboxylic acids is 1. The van der Waals surface area contributed by atoms with Crippen LogP contribution >= 0.6 is 0 Å². The molecule has 6 heteroatoms. The summed E-state index contributed by atoms with van der Waals surface area (Å²) in [5.74, 6) is 2.05. The van der Waals surface area contributed by atoms with E-state index in [2.05, 4.69) is 46.3 Å². The highest BCUT2D eigenvalue weighted by molar-refractivity contribution is 5.80. The molecule has 0 aliphatic carbocycles. The summed E-state index contributed by atoms with van der Waals surface area (Å²) < 4.78 is 0. The first kappa shape index (κ1) is 23.1. The molecule has 1 N–H and O–H groups in total. The lowest BCUT2D eigenvalue weighted by molar-refractivity contribution is -0.132. The highest BCUT2D eigenvalue weighted by Gasteiger charge is 2.27. The van der Waals surface area contributed by atoms with Crippen molar-refractivity contribution in [1.82, 2.24) is 20.0 Å². The second-order valence-corrected chi connectivity index (χ2v) is 9.64. The van der Waals surface area contributed by atoms with Crippen LogP contribution in [0.2, 0.25) is 0 Å². The van der Waals surface area contributed by atoms with Crippen molar-refractivity contribution in [3.8, 4) is 0 Å². The molecular weight excluding hydrogens is 398 g/mol. The predicted octanol–water partition coefficient (Wildman–Crippen LogP) is 3.12. The van der Waals surface area contributed by atoms with Crippen molar-refractivity contribution in [1.29, 1.82) is 0 Å². The summed E-state index contributed by atoms with van der Waals surface area (Å²) in [7, 11) is 0. The average Bonchev–Trinajstić information content (AvgIpc) is 3.29. The molecule has 0 spiro atoms. The Hall–Kier alpha value is -2.08. The van der Waals surface area contributed by atoms with Gasteiger partial charge in [-0.05, 0) is 69.2 Å². The average molecular weight is 440 g/mol. The number of carbonyl (C=O) groups is 1. The minimum atomic E-state index is 0.266. The number of benzene rings is 1. The van der Waals surface area contributed by atoms with Crippen molar-refractivity contribution >= 4 is 11.9 Å². The SMILES string of the molecule is CCNC(=NCCCC(=O)N1CCc2ccccc2C1)N1CCC(CN2CCCCC2)C1. The Morgan fingerprint density at radius 2 is 1.88 bits per heavy atom. The molecule has 1 atom stereocenters. The van der Waals surface area contributed by atoms with Crippen molar-refractivity contribution in [3.63, 3.8) is 0 Å². The van der Waals surface area contributed by atoms with Crippen molar-refractivity contribution in [2.75, 3.05) is 52.4 Å². The molecule has 1 aromatic rings. The normalized spacial score (nSPS) is 22.2. The molecule has 32 heavy (non-hydrogen) atoms. The Kier molecular flexibility index (Phi) is 8.43. The number of nitrogens with zero attached hydrogens (tertiary/aromatic N) is 4. The van der Waals surface area contributed by atoms with Crippen LogP contribution in [0.1, 0.15) is 56.6 Å². The topological polar surface area (TPSA) is 51.2 Å². The van der Waals surface area contributed by atoms with Crippen molar-refractivity contribution in [2.45, 2.75) is 58.4 Å². The van der Waals surface area contributed by atoms with Gasteiger partial charge in [-0.3, -0.25) is 9.79 Å². The zero-order valence-electron chi connectivity index (χ0n) is 19.9. The van der Waals surface area contributed by atoms with Gasteiger partial charge in [0.1, 0.15) is 0 Å². The number of likely N-dealkylation sites (tertiary alicyclic amines) is 2. The van der Waals surface area contributed by atoms with Crippen LogP contribution in [-0.2, 0) is 17.8 Å². The van der Waals surface area contributed by atoms with E-state index < -0.39 is 0 Å². The van der Waals surface area contributed by atoms with Gasteiger partial charge in [0.25, 0.3) is 0 Å². The van der Waals surface area contributed by atoms with Crippen LogP contribution in [0.3, 0.4) is 0 Å². The second kappa shape index (κ2) is 11.7. The molecule has 1 amide bonds. The maximum absolute atomic E-state index is 12.7. The lowest BCUT2D eigenvalue weighted by Crippen LogP contribution is -2.41. The van der Waals surface area contributed by atoms with Gasteiger partial charge in [0.2, 0.25) is 5.91 Å². The summed E-state index contributed by atoms with van der Waals surface area (Å²) in [5.41, 5.74) is 2.69. The molecule has 0 saturated carbocycles. The number of piperidine rings is 1. The molecule has 1 unspecified atom stereocenters. The van der Waals surface area contributed by atoms with Gasteiger partial charge in [-0.2, -0.15) is 0 Å². The largest absolute Gasteiger partial charge is 0.357 e. The van der Waals surface area contributed by atoms with E-state index in [1.165, 1.54) is 56.4 Å². The van der Waals surface area contributed by atoms with E-state index in [0.717, 1.165) is 57.4 Å². The quantitative estimate of drug-likeness (QED) is 0.403. The van der Waals surface area contributed by atoms with Gasteiger partial charge >= 0.3 is 0 Å². The number of hydrogen-bond donors (Lipinski definition) is 1. The molecule has 4 rings (SSSR count). The Morgan fingerprint density at radius 1 is 1.06 bits per heavy atom. The molecule has 176 valence electrons. The Bertz CT molecular complexity index is 773. The van der Waals surface area contributed by atoms with Gasteiger partial charge in [-0.1, -0.05) is 30.7 Å². The van der Waals surface area contributed by atoms with Crippen LogP contribution in [0.5, 0.6) is 0 Å². The molecule has 2 fully saturated rings. The third-order valence-corrected chi connectivity index (χ3v) is 7.18. The molecule has 0 aromatic heterocycles. The predicted molar refractivity (Wildman–Crippen MR) is 131 cm³/mol. The first-order chi connectivity index (χ1) is 15.7. The minimum Gasteiger partial charge on any atom is -0.357 e. The van der Waals surface area contributed by atoms with Crippen LogP contribution < -0.4 is 5.32 Å². The van der Waals surface area contributed by atoms with Crippen LogP contribution in [0.4, 0.5) is 0 Å². The maximum atomic E-state index is 12.7. The van der Waals surface area contributed by atoms with Crippen molar-refractivity contribution < 1.29 is 4.79 Å². The molecular formula is C26H41N5O. The zero-order valence-corrected chi connectivity index (χ0v) is 19.9. The number of amides is 1. The summed E-state index contributed by atoms with van der Waals surface area (Å²) in [5, 5.41) is 3.48. The van der Waals surface area contributed by atoms with Crippen LogP contribution in [0, 0.1) is 5.92 Å². The van der Waals surface area contributed by atoms with Gasteiger partial charge < -0.3 is 20.0 Å². The molecule has 0 bridgehead atoms. The molecule has 3 heterocycles. The minimum absolute atomic E-state index is 0.266. The van der Waals surface area contributed by atoms with Crippen LogP contribution in [0.25, 0.3) is 0 Å². The summed E-state index contributed by atoms with van der Waals surface area (Å²) >= 11 is 0. The van der Waals surface area contributed by atoms with Crippen molar-refractivity contribution in [2.24, 2.45) is 10.9 Å². The number of aliphatic imine (C=N–C) groups is 1. The zero-order chi connectivity index (χ0) is 22.2. The Morgan fingerprint density at radius 3 is 2.69 bits per heavy atom. The summed E-state index contributed by atoms with van der Waals surface area (Å²) in [6, 6.07) is 8.49. The molecule has 0 radical (unpaired) electrons. The lowest BCUT2D eigenvalue weighted by atomic mass is 9.99. The number of fused-ring (bicyclic) bond motifs is 1. The number of guanidine groups is 1. The van der Waals surface area contributed by atoms with E-state index in [-0.39, 0.29) is 5.91 Å². The summed E-state index contributed by atoms with van der Waals surface area (Å²) in [6.45, 7) is 11.3. The highest BCUT2D eigenvalue weighted by Crippen LogP contribution is 2.21. The molecule has 3 aliphatic heterocycles.